The molecule has 0 aliphatic rings. The van der Waals surface area contributed by atoms with Gasteiger partial charge < -0.3 is 9.47 Å². The third-order valence-corrected chi connectivity index (χ3v) is 6.85. The van der Waals surface area contributed by atoms with E-state index < -0.39 is 5.97 Å². The van der Waals surface area contributed by atoms with Crippen LogP contribution >= 0.6 is 0 Å². The fourth-order valence-electron chi connectivity index (χ4n) is 4.56. The maximum absolute atomic E-state index is 12.8. The first-order valence-electron chi connectivity index (χ1n) is 14.3. The molecule has 0 saturated carbocycles. The zero-order chi connectivity index (χ0) is 27.7. The number of hydrogen-bond acceptors (Lipinski definition) is 5. The fourth-order valence-corrected chi connectivity index (χ4v) is 4.56. The van der Waals surface area contributed by atoms with E-state index in [0.29, 0.717) is 29.0 Å². The smallest absolute Gasteiger partial charge is 0.343 e. The average molecular weight is 531 g/mol. The Kier molecular flexibility index (Phi) is 13.0. The van der Waals surface area contributed by atoms with Gasteiger partial charge in [0.25, 0.3) is 0 Å². The normalized spacial score (nSPS) is 11.1. The van der Waals surface area contributed by atoms with E-state index in [1.165, 1.54) is 57.8 Å². The van der Waals surface area contributed by atoms with Crippen LogP contribution in [0.1, 0.15) is 99.9 Å². The molecule has 0 spiro atoms. The Balaban J connectivity index is 1.49. The Bertz CT molecular complexity index is 1200. The molecule has 1 N–H and O–H groups in total. The first-order chi connectivity index (χ1) is 19.1. The van der Waals surface area contributed by atoms with Gasteiger partial charge in [-0.25, -0.2) is 10.2 Å². The molecule has 0 fully saturated rings. The van der Waals surface area contributed by atoms with Gasteiger partial charge in [-0.2, -0.15) is 5.10 Å². The summed E-state index contributed by atoms with van der Waals surface area (Å²) in [5.74, 6) is 0.439. The molecule has 0 aliphatic carbocycles. The van der Waals surface area contributed by atoms with Crippen molar-refractivity contribution in [2.45, 2.75) is 84.0 Å². The molecule has 0 radical (unpaired) electrons. The van der Waals surface area contributed by atoms with Gasteiger partial charge in [0.2, 0.25) is 5.91 Å². The van der Waals surface area contributed by atoms with Gasteiger partial charge >= 0.3 is 5.97 Å². The number of carbonyl (C=O) groups excluding carboxylic acids is 2. The van der Waals surface area contributed by atoms with Crippen LogP contribution in [-0.4, -0.2) is 25.2 Å². The maximum atomic E-state index is 12.8. The molecule has 1 amide bonds. The summed E-state index contributed by atoms with van der Waals surface area (Å²) in [4.78, 5) is 25.1. The molecule has 208 valence electrons. The van der Waals surface area contributed by atoms with Crippen molar-refractivity contribution in [3.05, 3.63) is 71.8 Å². The Morgan fingerprint density at radius 2 is 1.44 bits per heavy atom. The van der Waals surface area contributed by atoms with Crippen LogP contribution in [0.2, 0.25) is 0 Å². The summed E-state index contributed by atoms with van der Waals surface area (Å²) in [6, 6.07) is 18.2. The van der Waals surface area contributed by atoms with Gasteiger partial charge in [0, 0.05) is 12.0 Å². The SMILES string of the molecule is CCCCCCCCCCCCCC(=O)N/N=C\c1c(OC(=O)c2ccc(OC)cc2)ccc2ccccc12. The molecule has 0 aliphatic heterocycles. The number of nitrogens with one attached hydrogen (secondary N) is 1. The standard InChI is InChI=1S/C33H42N2O4/c1-3-4-5-6-7-8-9-10-11-12-13-18-32(36)35-34-25-30-29-17-15-14-16-26(29)21-24-31(30)39-33(37)27-19-22-28(38-2)23-20-27/h14-17,19-25H,3-13,18H2,1-2H3,(H,35,36)/b34-25-. The monoisotopic (exact) mass is 530 g/mol. The Labute approximate surface area is 232 Å². The minimum absolute atomic E-state index is 0.112. The summed E-state index contributed by atoms with van der Waals surface area (Å²) in [5.41, 5.74) is 3.67. The van der Waals surface area contributed by atoms with E-state index in [0.717, 1.165) is 23.6 Å². The van der Waals surface area contributed by atoms with Crippen molar-refractivity contribution in [3.8, 4) is 11.5 Å². The molecular formula is C33H42N2O4. The number of esters is 1. The van der Waals surface area contributed by atoms with E-state index in [1.807, 2.05) is 30.3 Å². The lowest BCUT2D eigenvalue weighted by atomic mass is 10.0. The third kappa shape index (κ3) is 10.2. The molecule has 0 unspecified atom stereocenters. The zero-order valence-electron chi connectivity index (χ0n) is 23.4. The van der Waals surface area contributed by atoms with Gasteiger partial charge in [-0.15, -0.1) is 0 Å². The van der Waals surface area contributed by atoms with E-state index in [9.17, 15) is 9.59 Å². The van der Waals surface area contributed by atoms with E-state index in [4.69, 9.17) is 9.47 Å². The molecule has 6 heteroatoms. The number of hydrogen-bond donors (Lipinski definition) is 1. The van der Waals surface area contributed by atoms with Crippen molar-refractivity contribution < 1.29 is 19.1 Å². The van der Waals surface area contributed by atoms with Crippen LogP contribution in [0.5, 0.6) is 11.5 Å². The van der Waals surface area contributed by atoms with Crippen molar-refractivity contribution in [2.24, 2.45) is 5.10 Å². The number of nitrogens with zero attached hydrogens (tertiary/aromatic N) is 1. The highest BCUT2D eigenvalue weighted by Gasteiger charge is 2.14. The van der Waals surface area contributed by atoms with Crippen molar-refractivity contribution in [3.63, 3.8) is 0 Å². The van der Waals surface area contributed by atoms with Gasteiger partial charge in [0.1, 0.15) is 11.5 Å². The number of methoxy groups -OCH3 is 1. The van der Waals surface area contributed by atoms with Gasteiger partial charge in [0.05, 0.1) is 18.9 Å². The Hall–Kier alpha value is -3.67. The van der Waals surface area contributed by atoms with Crippen molar-refractivity contribution in [2.75, 3.05) is 7.11 Å². The molecule has 0 bridgehead atoms. The second kappa shape index (κ2) is 17.0. The summed E-state index contributed by atoms with van der Waals surface area (Å²) in [6.07, 6.45) is 15.7. The Morgan fingerprint density at radius 1 is 0.795 bits per heavy atom. The maximum Gasteiger partial charge on any atom is 0.343 e. The lowest BCUT2D eigenvalue weighted by molar-refractivity contribution is -0.121. The van der Waals surface area contributed by atoms with Crippen LogP contribution in [0, 0.1) is 0 Å². The van der Waals surface area contributed by atoms with Crippen LogP contribution in [0.3, 0.4) is 0 Å². The molecule has 0 aromatic heterocycles. The second-order valence-electron chi connectivity index (χ2n) is 9.90. The number of fused-ring (bicyclic) bond motifs is 1. The first-order valence-corrected chi connectivity index (χ1v) is 14.3. The summed E-state index contributed by atoms with van der Waals surface area (Å²) in [6.45, 7) is 2.25. The van der Waals surface area contributed by atoms with Gasteiger partial charge in [-0.05, 0) is 47.5 Å². The molecule has 3 aromatic carbocycles. The number of hydrazone groups is 1. The minimum atomic E-state index is -0.483. The van der Waals surface area contributed by atoms with Crippen LogP contribution in [0.25, 0.3) is 10.8 Å². The number of ether oxygens (including phenoxy) is 2. The lowest BCUT2D eigenvalue weighted by Gasteiger charge is -2.11. The first kappa shape index (κ1) is 29.9. The molecule has 3 rings (SSSR count). The van der Waals surface area contributed by atoms with Gasteiger partial charge in [0.15, 0.2) is 0 Å². The summed E-state index contributed by atoms with van der Waals surface area (Å²) < 4.78 is 10.9. The summed E-state index contributed by atoms with van der Waals surface area (Å²) >= 11 is 0. The molecular weight excluding hydrogens is 488 g/mol. The zero-order valence-corrected chi connectivity index (χ0v) is 23.4. The van der Waals surface area contributed by atoms with Crippen LogP contribution in [0.4, 0.5) is 0 Å². The number of unbranched alkanes of at least 4 members (excludes halogenated alkanes) is 10. The molecule has 0 saturated heterocycles. The number of amides is 1. The number of benzene rings is 3. The molecule has 0 heterocycles. The predicted octanol–water partition coefficient (Wildman–Crippen LogP) is 8.22. The molecule has 0 atom stereocenters. The van der Waals surface area contributed by atoms with Gasteiger partial charge in [-0.1, -0.05) is 101 Å². The highest BCUT2D eigenvalue weighted by molar-refractivity contribution is 6.04. The van der Waals surface area contributed by atoms with Crippen LogP contribution < -0.4 is 14.9 Å². The van der Waals surface area contributed by atoms with Crippen LogP contribution in [-0.2, 0) is 4.79 Å². The largest absolute Gasteiger partial charge is 0.497 e. The topological polar surface area (TPSA) is 77.0 Å². The quantitative estimate of drug-likeness (QED) is 0.0627. The highest BCUT2D eigenvalue weighted by atomic mass is 16.5. The highest BCUT2D eigenvalue weighted by Crippen LogP contribution is 2.27. The third-order valence-electron chi connectivity index (χ3n) is 6.85. The van der Waals surface area contributed by atoms with E-state index >= 15 is 0 Å². The second-order valence-corrected chi connectivity index (χ2v) is 9.90. The fraction of sp³-hybridized carbons (Fsp3) is 0.424. The van der Waals surface area contributed by atoms with Crippen molar-refractivity contribution in [1.29, 1.82) is 0 Å². The van der Waals surface area contributed by atoms with Crippen molar-refractivity contribution in [1.82, 2.24) is 5.43 Å². The molecule has 6 nitrogen and oxygen atoms in total. The lowest BCUT2D eigenvalue weighted by Crippen LogP contribution is -2.17. The molecule has 3 aromatic rings. The van der Waals surface area contributed by atoms with Crippen LogP contribution in [0.15, 0.2) is 65.8 Å². The van der Waals surface area contributed by atoms with E-state index in [1.54, 1.807) is 43.7 Å². The Morgan fingerprint density at radius 3 is 2.10 bits per heavy atom. The van der Waals surface area contributed by atoms with Crippen molar-refractivity contribution >= 4 is 28.9 Å². The summed E-state index contributed by atoms with van der Waals surface area (Å²) in [5, 5.41) is 6.05. The van der Waals surface area contributed by atoms with E-state index in [-0.39, 0.29) is 5.91 Å². The minimum Gasteiger partial charge on any atom is -0.497 e. The average Bonchev–Trinajstić information content (AvgIpc) is 2.96. The van der Waals surface area contributed by atoms with E-state index in [2.05, 4.69) is 17.5 Å². The van der Waals surface area contributed by atoms with Gasteiger partial charge in [-0.3, -0.25) is 4.79 Å². The number of rotatable bonds is 17. The summed E-state index contributed by atoms with van der Waals surface area (Å²) in [7, 11) is 1.57. The number of carbonyl (C=O) groups is 2. The molecule has 39 heavy (non-hydrogen) atoms. The predicted molar refractivity (Wildman–Crippen MR) is 159 cm³/mol.